The molecule has 0 spiro atoms. The highest BCUT2D eigenvalue weighted by Crippen LogP contribution is 2.35. The van der Waals surface area contributed by atoms with E-state index in [1.807, 2.05) is 0 Å². The molecular weight excluding hydrogens is 206 g/mol. The number of hydrogen-bond acceptors (Lipinski definition) is 3. The van der Waals surface area contributed by atoms with Crippen LogP contribution in [0.1, 0.15) is 34.1 Å². The number of carbonyl (C=O) groups excluding carboxylic acids is 1. The molecule has 2 aliphatic rings. The van der Waals surface area contributed by atoms with Crippen molar-refractivity contribution in [1.29, 1.82) is 0 Å². The first kappa shape index (κ1) is 9.16. The summed E-state index contributed by atoms with van der Waals surface area (Å²) in [4.78, 5) is 13.5. The topological polar surface area (TPSA) is 29.1 Å². The van der Waals surface area contributed by atoms with Crippen molar-refractivity contribution in [3.63, 3.8) is 0 Å². The van der Waals surface area contributed by atoms with Crippen LogP contribution >= 0.6 is 11.3 Å². The van der Waals surface area contributed by atoms with Gasteiger partial charge in [-0.05, 0) is 23.8 Å². The van der Waals surface area contributed by atoms with E-state index in [0.717, 1.165) is 36.9 Å². The van der Waals surface area contributed by atoms with E-state index in [2.05, 4.69) is 17.6 Å². The highest BCUT2D eigenvalue weighted by molar-refractivity contribution is 7.10. The minimum absolute atomic E-state index is 0.286. The third-order valence-corrected chi connectivity index (χ3v) is 4.28. The summed E-state index contributed by atoms with van der Waals surface area (Å²) in [5.41, 5.74) is 4.47. The lowest BCUT2D eigenvalue weighted by atomic mass is 9.91. The van der Waals surface area contributed by atoms with E-state index in [4.69, 9.17) is 0 Å². The molecule has 3 heteroatoms. The summed E-state index contributed by atoms with van der Waals surface area (Å²) in [7, 11) is 0. The third-order valence-electron chi connectivity index (χ3n) is 3.24. The van der Waals surface area contributed by atoms with Crippen LogP contribution in [0, 0.1) is 0 Å². The predicted molar refractivity (Wildman–Crippen MR) is 61.4 cm³/mol. The summed E-state index contributed by atoms with van der Waals surface area (Å²) in [6.45, 7) is 3.05. The Morgan fingerprint density at radius 3 is 3.20 bits per heavy atom. The van der Waals surface area contributed by atoms with Crippen molar-refractivity contribution in [3.8, 4) is 0 Å². The minimum Gasteiger partial charge on any atom is -0.387 e. The average Bonchev–Trinajstić information content (AvgIpc) is 2.83. The van der Waals surface area contributed by atoms with Gasteiger partial charge in [0.05, 0.1) is 0 Å². The van der Waals surface area contributed by atoms with Crippen molar-refractivity contribution in [2.45, 2.75) is 26.2 Å². The smallest absolute Gasteiger partial charge is 0.192 e. The van der Waals surface area contributed by atoms with Gasteiger partial charge < -0.3 is 5.32 Å². The van der Waals surface area contributed by atoms with Crippen LogP contribution in [0.25, 0.3) is 0 Å². The summed E-state index contributed by atoms with van der Waals surface area (Å²) in [6, 6.07) is 0. The van der Waals surface area contributed by atoms with Gasteiger partial charge in [0, 0.05) is 34.7 Å². The van der Waals surface area contributed by atoms with Crippen molar-refractivity contribution in [2.75, 3.05) is 6.54 Å². The monoisotopic (exact) mass is 219 g/mol. The van der Waals surface area contributed by atoms with Gasteiger partial charge in [0.1, 0.15) is 0 Å². The van der Waals surface area contributed by atoms with Crippen LogP contribution < -0.4 is 5.32 Å². The molecule has 1 aromatic rings. The first-order valence-corrected chi connectivity index (χ1v) is 6.29. The molecule has 2 heterocycles. The molecular formula is C12H13NOS. The minimum atomic E-state index is 0.286. The Hall–Kier alpha value is -1.09. The fourth-order valence-electron chi connectivity index (χ4n) is 2.43. The molecule has 78 valence electrons. The normalized spacial score (nSPS) is 18.9. The Bertz CT molecular complexity index is 470. The maximum atomic E-state index is 12.2. The van der Waals surface area contributed by atoms with Crippen molar-refractivity contribution >= 4 is 17.1 Å². The van der Waals surface area contributed by atoms with Crippen LogP contribution in [0.15, 0.2) is 16.7 Å². The summed E-state index contributed by atoms with van der Waals surface area (Å²) in [5.74, 6) is 0.286. The summed E-state index contributed by atoms with van der Waals surface area (Å²) in [5, 5.41) is 5.47. The third kappa shape index (κ3) is 1.19. The Labute approximate surface area is 93.0 Å². The SMILES string of the molecule is CCc1csc2c1C(=O)C1=C(C2)NCC1. The van der Waals surface area contributed by atoms with Gasteiger partial charge in [-0.2, -0.15) is 0 Å². The van der Waals surface area contributed by atoms with E-state index in [0.29, 0.717) is 0 Å². The van der Waals surface area contributed by atoms with E-state index in [-0.39, 0.29) is 5.78 Å². The van der Waals surface area contributed by atoms with Crippen molar-refractivity contribution in [1.82, 2.24) is 5.32 Å². The zero-order chi connectivity index (χ0) is 10.4. The number of fused-ring (bicyclic) bond motifs is 1. The quantitative estimate of drug-likeness (QED) is 0.785. The molecule has 0 aromatic carbocycles. The molecule has 15 heavy (non-hydrogen) atoms. The molecule has 1 aliphatic heterocycles. The van der Waals surface area contributed by atoms with Crippen molar-refractivity contribution in [2.24, 2.45) is 0 Å². The number of hydrogen-bond donors (Lipinski definition) is 1. The second-order valence-corrected chi connectivity index (χ2v) is 5.02. The van der Waals surface area contributed by atoms with Gasteiger partial charge in [-0.3, -0.25) is 4.79 Å². The molecule has 0 bridgehead atoms. The second kappa shape index (κ2) is 3.20. The van der Waals surface area contributed by atoms with E-state index in [1.54, 1.807) is 11.3 Å². The molecule has 1 aromatic heterocycles. The average molecular weight is 219 g/mol. The number of nitrogens with one attached hydrogen (secondary N) is 1. The van der Waals surface area contributed by atoms with E-state index in [9.17, 15) is 4.79 Å². The van der Waals surface area contributed by atoms with Crippen LogP contribution in [0.2, 0.25) is 0 Å². The van der Waals surface area contributed by atoms with Gasteiger partial charge in [0.15, 0.2) is 5.78 Å². The van der Waals surface area contributed by atoms with Gasteiger partial charge in [-0.1, -0.05) is 6.92 Å². The van der Waals surface area contributed by atoms with Crippen LogP contribution in [0.4, 0.5) is 0 Å². The molecule has 0 unspecified atom stereocenters. The van der Waals surface area contributed by atoms with Crippen LogP contribution in [-0.2, 0) is 12.8 Å². The number of thiophene rings is 1. The number of ketones is 1. The van der Waals surface area contributed by atoms with Gasteiger partial charge in [0.25, 0.3) is 0 Å². The molecule has 0 fully saturated rings. The van der Waals surface area contributed by atoms with Crippen molar-refractivity contribution in [3.05, 3.63) is 32.7 Å². The lowest BCUT2D eigenvalue weighted by Gasteiger charge is -2.14. The highest BCUT2D eigenvalue weighted by Gasteiger charge is 2.31. The van der Waals surface area contributed by atoms with E-state index in [1.165, 1.54) is 16.1 Å². The summed E-state index contributed by atoms with van der Waals surface area (Å²) >= 11 is 1.73. The number of carbonyl (C=O) groups is 1. The number of rotatable bonds is 1. The maximum Gasteiger partial charge on any atom is 0.192 e. The first-order valence-electron chi connectivity index (χ1n) is 5.41. The van der Waals surface area contributed by atoms with Crippen LogP contribution in [0.5, 0.6) is 0 Å². The number of allylic oxidation sites excluding steroid dienone is 1. The Morgan fingerprint density at radius 2 is 2.40 bits per heavy atom. The molecule has 0 saturated heterocycles. The molecule has 1 N–H and O–H groups in total. The first-order chi connectivity index (χ1) is 7.31. The lowest BCUT2D eigenvalue weighted by Crippen LogP contribution is -2.17. The number of aryl methyl sites for hydroxylation is 1. The molecule has 0 amide bonds. The maximum absolute atomic E-state index is 12.2. The largest absolute Gasteiger partial charge is 0.387 e. The van der Waals surface area contributed by atoms with Crippen molar-refractivity contribution < 1.29 is 4.79 Å². The summed E-state index contributed by atoms with van der Waals surface area (Å²) in [6.07, 6.45) is 2.82. The Morgan fingerprint density at radius 1 is 1.53 bits per heavy atom. The van der Waals surface area contributed by atoms with Crippen LogP contribution in [-0.4, -0.2) is 12.3 Å². The Balaban J connectivity index is 2.12. The molecule has 0 saturated carbocycles. The van der Waals surface area contributed by atoms with E-state index < -0.39 is 0 Å². The molecule has 1 aliphatic carbocycles. The van der Waals surface area contributed by atoms with E-state index >= 15 is 0 Å². The number of Topliss-reactive ketones (excluding diaryl/α,β-unsaturated/α-hetero) is 1. The molecule has 2 nitrogen and oxygen atoms in total. The molecule has 3 rings (SSSR count). The fourth-order valence-corrected chi connectivity index (χ4v) is 3.57. The molecule has 0 radical (unpaired) electrons. The molecule has 0 atom stereocenters. The fraction of sp³-hybridized carbons (Fsp3) is 0.417. The van der Waals surface area contributed by atoms with Gasteiger partial charge in [-0.15, -0.1) is 11.3 Å². The lowest BCUT2D eigenvalue weighted by molar-refractivity contribution is 0.102. The van der Waals surface area contributed by atoms with Gasteiger partial charge in [0.2, 0.25) is 0 Å². The van der Waals surface area contributed by atoms with Crippen LogP contribution in [0.3, 0.4) is 0 Å². The van der Waals surface area contributed by atoms with Gasteiger partial charge >= 0.3 is 0 Å². The zero-order valence-corrected chi connectivity index (χ0v) is 9.54. The predicted octanol–water partition coefficient (Wildman–Crippen LogP) is 2.30. The highest BCUT2D eigenvalue weighted by atomic mass is 32.1. The summed E-state index contributed by atoms with van der Waals surface area (Å²) < 4.78 is 0. The second-order valence-electron chi connectivity index (χ2n) is 4.05. The zero-order valence-electron chi connectivity index (χ0n) is 8.72. The standard InChI is InChI=1S/C12H13NOS/c1-2-7-6-15-10-5-9-8(3-4-13-9)12(14)11(7)10/h6,13H,2-5H2,1H3. The van der Waals surface area contributed by atoms with Gasteiger partial charge in [-0.25, -0.2) is 0 Å². The Kier molecular flexibility index (Phi) is 1.96.